The Morgan fingerprint density at radius 1 is 1.58 bits per heavy atom. The zero-order chi connectivity index (χ0) is 7.90. The fourth-order valence-electron chi connectivity index (χ4n) is 2.40. The predicted molar refractivity (Wildman–Crippen MR) is 49.1 cm³/mol. The number of nitrogens with one attached hydrogen (secondary N) is 1. The second kappa shape index (κ2) is 3.23. The third-order valence-corrected chi connectivity index (χ3v) is 3.13. The van der Waals surface area contributed by atoms with Crippen molar-refractivity contribution in [2.45, 2.75) is 19.3 Å². The molecule has 2 rings (SSSR count). The Kier molecular flexibility index (Phi) is 2.64. The Morgan fingerprint density at radius 3 is 2.92 bits per heavy atom. The van der Waals surface area contributed by atoms with Crippen LogP contribution in [0.5, 0.6) is 0 Å². The standard InChI is InChI=1S/C8H14N2O.ClH/c9-7(11)8-2-1-6(3-8)4-10-5-8;/h6,10H,1-5H2,(H2,9,11);1H/t6-,8-;/m1./s1. The van der Waals surface area contributed by atoms with Crippen molar-refractivity contribution in [3.05, 3.63) is 0 Å². The van der Waals surface area contributed by atoms with E-state index in [1.165, 1.54) is 6.42 Å². The summed E-state index contributed by atoms with van der Waals surface area (Å²) < 4.78 is 0. The van der Waals surface area contributed by atoms with Crippen molar-refractivity contribution in [3.63, 3.8) is 0 Å². The summed E-state index contributed by atoms with van der Waals surface area (Å²) in [5, 5.41) is 3.27. The van der Waals surface area contributed by atoms with Crippen molar-refractivity contribution < 1.29 is 4.79 Å². The van der Waals surface area contributed by atoms with E-state index in [1.807, 2.05) is 0 Å². The Morgan fingerprint density at radius 2 is 2.33 bits per heavy atom. The molecule has 1 aliphatic carbocycles. The molecule has 1 aliphatic heterocycles. The molecule has 1 saturated heterocycles. The minimum atomic E-state index is -0.178. The molecule has 0 radical (unpaired) electrons. The normalized spacial score (nSPS) is 38.8. The molecular weight excluding hydrogens is 176 g/mol. The van der Waals surface area contributed by atoms with Crippen molar-refractivity contribution in [3.8, 4) is 0 Å². The molecular formula is C8H15ClN2O. The molecule has 1 heterocycles. The lowest BCUT2D eigenvalue weighted by Crippen LogP contribution is -2.47. The summed E-state index contributed by atoms with van der Waals surface area (Å²) in [6.45, 7) is 1.88. The lowest BCUT2D eigenvalue weighted by Gasteiger charge is -2.30. The van der Waals surface area contributed by atoms with Crippen molar-refractivity contribution in [2.24, 2.45) is 17.1 Å². The van der Waals surface area contributed by atoms with Gasteiger partial charge in [0.05, 0.1) is 5.41 Å². The molecule has 2 fully saturated rings. The lowest BCUT2D eigenvalue weighted by atomic mass is 9.82. The van der Waals surface area contributed by atoms with E-state index in [-0.39, 0.29) is 23.7 Å². The highest BCUT2D eigenvalue weighted by molar-refractivity contribution is 5.85. The summed E-state index contributed by atoms with van der Waals surface area (Å²) in [5.41, 5.74) is 5.18. The summed E-state index contributed by atoms with van der Waals surface area (Å²) in [6, 6.07) is 0. The van der Waals surface area contributed by atoms with Crippen LogP contribution in [0.3, 0.4) is 0 Å². The molecule has 0 unspecified atom stereocenters. The maximum absolute atomic E-state index is 11.1. The van der Waals surface area contributed by atoms with Crippen LogP contribution in [-0.4, -0.2) is 19.0 Å². The monoisotopic (exact) mass is 190 g/mol. The average Bonchev–Trinajstić information content (AvgIpc) is 2.29. The maximum atomic E-state index is 11.1. The van der Waals surface area contributed by atoms with Crippen molar-refractivity contribution in [1.82, 2.24) is 5.32 Å². The Hall–Kier alpha value is -0.280. The third-order valence-electron chi connectivity index (χ3n) is 3.13. The Bertz CT molecular complexity index is 193. The van der Waals surface area contributed by atoms with Gasteiger partial charge in [0.2, 0.25) is 5.91 Å². The van der Waals surface area contributed by atoms with E-state index in [4.69, 9.17) is 5.73 Å². The maximum Gasteiger partial charge on any atom is 0.224 e. The number of rotatable bonds is 1. The SMILES string of the molecule is Cl.NC(=O)[C@@]12CC[C@@H](CNC1)C2. The molecule has 1 saturated carbocycles. The highest BCUT2D eigenvalue weighted by atomic mass is 35.5. The van der Waals surface area contributed by atoms with Gasteiger partial charge < -0.3 is 11.1 Å². The number of amides is 1. The largest absolute Gasteiger partial charge is 0.369 e. The van der Waals surface area contributed by atoms with Crippen LogP contribution in [-0.2, 0) is 4.79 Å². The molecule has 0 aromatic rings. The van der Waals surface area contributed by atoms with Crippen LogP contribution in [0, 0.1) is 11.3 Å². The van der Waals surface area contributed by atoms with Crippen molar-refractivity contribution in [2.75, 3.05) is 13.1 Å². The van der Waals surface area contributed by atoms with Crippen LogP contribution < -0.4 is 11.1 Å². The van der Waals surface area contributed by atoms with E-state index in [1.54, 1.807) is 0 Å². The number of primary amides is 1. The smallest absolute Gasteiger partial charge is 0.224 e. The summed E-state index contributed by atoms with van der Waals surface area (Å²) in [4.78, 5) is 11.1. The first kappa shape index (κ1) is 9.81. The van der Waals surface area contributed by atoms with Gasteiger partial charge in [-0.1, -0.05) is 0 Å². The van der Waals surface area contributed by atoms with E-state index in [0.717, 1.165) is 25.9 Å². The third kappa shape index (κ3) is 1.31. The molecule has 0 aromatic heterocycles. The van der Waals surface area contributed by atoms with E-state index in [2.05, 4.69) is 5.32 Å². The highest BCUT2D eigenvalue weighted by Crippen LogP contribution is 2.43. The van der Waals surface area contributed by atoms with Gasteiger partial charge in [-0.15, -0.1) is 12.4 Å². The number of piperidine rings is 1. The number of carbonyl (C=O) groups excluding carboxylic acids is 1. The fourth-order valence-corrected chi connectivity index (χ4v) is 2.40. The van der Waals surface area contributed by atoms with E-state index in [0.29, 0.717) is 5.92 Å². The lowest BCUT2D eigenvalue weighted by molar-refractivity contribution is -0.127. The van der Waals surface area contributed by atoms with Gasteiger partial charge in [-0.2, -0.15) is 0 Å². The van der Waals surface area contributed by atoms with Gasteiger partial charge in [-0.3, -0.25) is 4.79 Å². The Labute approximate surface area is 78.5 Å². The van der Waals surface area contributed by atoms with Crippen LogP contribution in [0.1, 0.15) is 19.3 Å². The van der Waals surface area contributed by atoms with Gasteiger partial charge in [0.15, 0.2) is 0 Å². The average molecular weight is 191 g/mol. The number of carbonyl (C=O) groups is 1. The fraction of sp³-hybridized carbons (Fsp3) is 0.875. The molecule has 0 aromatic carbocycles. The molecule has 4 heteroatoms. The van der Waals surface area contributed by atoms with Gasteiger partial charge in [0.1, 0.15) is 0 Å². The van der Waals surface area contributed by atoms with Crippen LogP contribution in [0.4, 0.5) is 0 Å². The molecule has 1 amide bonds. The highest BCUT2D eigenvalue weighted by Gasteiger charge is 2.46. The van der Waals surface area contributed by atoms with Crippen molar-refractivity contribution in [1.29, 1.82) is 0 Å². The summed E-state index contributed by atoms with van der Waals surface area (Å²) in [7, 11) is 0. The van der Waals surface area contributed by atoms with Gasteiger partial charge in [-0.05, 0) is 31.7 Å². The van der Waals surface area contributed by atoms with E-state index >= 15 is 0 Å². The zero-order valence-corrected chi connectivity index (χ0v) is 7.82. The molecule has 12 heavy (non-hydrogen) atoms. The minimum Gasteiger partial charge on any atom is -0.369 e. The van der Waals surface area contributed by atoms with Crippen LogP contribution in [0.2, 0.25) is 0 Å². The summed E-state index contributed by atoms with van der Waals surface area (Å²) in [5.74, 6) is 0.600. The second-order valence-electron chi connectivity index (χ2n) is 3.88. The molecule has 0 spiro atoms. The molecule has 2 aliphatic rings. The Balaban J connectivity index is 0.000000720. The van der Waals surface area contributed by atoms with Gasteiger partial charge in [0, 0.05) is 6.54 Å². The minimum absolute atomic E-state index is 0. The van der Waals surface area contributed by atoms with Gasteiger partial charge >= 0.3 is 0 Å². The van der Waals surface area contributed by atoms with E-state index in [9.17, 15) is 4.79 Å². The summed E-state index contributed by atoms with van der Waals surface area (Å²) >= 11 is 0. The first-order valence-electron chi connectivity index (χ1n) is 4.24. The first-order valence-corrected chi connectivity index (χ1v) is 4.24. The number of halogens is 1. The number of hydrogen-bond acceptors (Lipinski definition) is 2. The van der Waals surface area contributed by atoms with Crippen LogP contribution >= 0.6 is 12.4 Å². The van der Waals surface area contributed by atoms with Crippen molar-refractivity contribution >= 4 is 18.3 Å². The topological polar surface area (TPSA) is 55.1 Å². The number of nitrogens with two attached hydrogens (primary N) is 1. The van der Waals surface area contributed by atoms with Crippen LogP contribution in [0.25, 0.3) is 0 Å². The second-order valence-corrected chi connectivity index (χ2v) is 3.88. The number of hydrogen-bond donors (Lipinski definition) is 2. The predicted octanol–water partition coefficient (Wildman–Crippen LogP) is 0.283. The quantitative estimate of drug-likeness (QED) is 0.624. The molecule has 3 N–H and O–H groups in total. The van der Waals surface area contributed by atoms with E-state index < -0.39 is 0 Å². The molecule has 2 atom stereocenters. The molecule has 2 bridgehead atoms. The first-order chi connectivity index (χ1) is 5.23. The molecule has 70 valence electrons. The zero-order valence-electron chi connectivity index (χ0n) is 7.01. The van der Waals surface area contributed by atoms with Crippen LogP contribution in [0.15, 0.2) is 0 Å². The summed E-state index contributed by atoms with van der Waals surface area (Å²) in [6.07, 6.45) is 3.20. The van der Waals surface area contributed by atoms with Gasteiger partial charge in [0.25, 0.3) is 0 Å². The number of fused-ring (bicyclic) bond motifs is 2. The molecule has 3 nitrogen and oxygen atoms in total. The van der Waals surface area contributed by atoms with Gasteiger partial charge in [-0.25, -0.2) is 0 Å².